The van der Waals surface area contributed by atoms with Crippen LogP contribution in [0.15, 0.2) is 6.20 Å². The normalized spacial score (nSPS) is 19.6. The molecule has 0 bridgehead atoms. The summed E-state index contributed by atoms with van der Waals surface area (Å²) in [5.74, 6) is 0. The van der Waals surface area contributed by atoms with Crippen molar-refractivity contribution in [2.75, 3.05) is 14.2 Å². The molecule has 0 aliphatic heterocycles. The Labute approximate surface area is 114 Å². The Hall–Kier alpha value is -0.580. The van der Waals surface area contributed by atoms with E-state index in [4.69, 9.17) is 16.3 Å². The zero-order valence-electron chi connectivity index (χ0n) is 11.4. The molecule has 1 fully saturated rings. The molecule has 0 saturated heterocycles. The third-order valence-electron chi connectivity index (χ3n) is 4.09. The molecule has 1 saturated carbocycles. The second-order valence-electron chi connectivity index (χ2n) is 4.98. The molecule has 0 amide bonds. The molecule has 2 rings (SSSR count). The largest absolute Gasteiger partial charge is 0.378 e. The fourth-order valence-electron chi connectivity index (χ4n) is 2.74. The SMILES string of the molecule is CCn1ncc(Cl)c1C(CC1(OC)CCC1)NC. The lowest BCUT2D eigenvalue weighted by molar-refractivity contribution is -0.0838. The van der Waals surface area contributed by atoms with Crippen LogP contribution in [0, 0.1) is 0 Å². The van der Waals surface area contributed by atoms with Crippen molar-refractivity contribution in [3.8, 4) is 0 Å². The van der Waals surface area contributed by atoms with Crippen molar-refractivity contribution in [2.24, 2.45) is 0 Å². The van der Waals surface area contributed by atoms with Crippen LogP contribution in [-0.2, 0) is 11.3 Å². The summed E-state index contributed by atoms with van der Waals surface area (Å²) in [4.78, 5) is 0. The van der Waals surface area contributed by atoms with E-state index < -0.39 is 0 Å². The summed E-state index contributed by atoms with van der Waals surface area (Å²) in [6.07, 6.45) is 6.21. The first-order valence-electron chi connectivity index (χ1n) is 6.59. The second-order valence-corrected chi connectivity index (χ2v) is 5.39. The fraction of sp³-hybridized carbons (Fsp3) is 0.769. The van der Waals surface area contributed by atoms with Crippen LogP contribution < -0.4 is 5.32 Å². The maximum Gasteiger partial charge on any atom is 0.0834 e. The minimum atomic E-state index is 0.0276. The molecule has 0 radical (unpaired) electrons. The van der Waals surface area contributed by atoms with E-state index in [2.05, 4.69) is 17.3 Å². The second kappa shape index (κ2) is 5.59. The van der Waals surface area contributed by atoms with Crippen LogP contribution in [0.3, 0.4) is 0 Å². The number of nitrogens with zero attached hydrogens (tertiary/aromatic N) is 2. The number of hydrogen-bond acceptors (Lipinski definition) is 3. The summed E-state index contributed by atoms with van der Waals surface area (Å²) in [7, 11) is 3.78. The third kappa shape index (κ3) is 2.42. The number of rotatable bonds is 6. The number of methoxy groups -OCH3 is 1. The predicted molar refractivity (Wildman–Crippen MR) is 72.9 cm³/mol. The van der Waals surface area contributed by atoms with Gasteiger partial charge >= 0.3 is 0 Å². The maximum absolute atomic E-state index is 6.27. The van der Waals surface area contributed by atoms with E-state index in [1.165, 1.54) is 6.42 Å². The Morgan fingerprint density at radius 1 is 1.61 bits per heavy atom. The van der Waals surface area contributed by atoms with E-state index in [0.717, 1.165) is 36.5 Å². The molecule has 1 aromatic rings. The van der Waals surface area contributed by atoms with Crippen molar-refractivity contribution in [2.45, 2.75) is 50.8 Å². The Morgan fingerprint density at radius 2 is 2.33 bits per heavy atom. The average Bonchev–Trinajstić information content (AvgIpc) is 2.71. The summed E-state index contributed by atoms with van der Waals surface area (Å²) >= 11 is 6.27. The van der Waals surface area contributed by atoms with E-state index in [0.29, 0.717) is 0 Å². The fourth-order valence-corrected chi connectivity index (χ4v) is 3.01. The zero-order valence-corrected chi connectivity index (χ0v) is 12.1. The minimum Gasteiger partial charge on any atom is -0.378 e. The molecule has 18 heavy (non-hydrogen) atoms. The van der Waals surface area contributed by atoms with Gasteiger partial charge in [-0.05, 0) is 39.7 Å². The maximum atomic E-state index is 6.27. The molecule has 1 unspecified atom stereocenters. The number of ether oxygens (including phenoxy) is 1. The highest BCUT2D eigenvalue weighted by atomic mass is 35.5. The van der Waals surface area contributed by atoms with Crippen molar-refractivity contribution in [1.82, 2.24) is 15.1 Å². The third-order valence-corrected chi connectivity index (χ3v) is 4.38. The van der Waals surface area contributed by atoms with Gasteiger partial charge < -0.3 is 10.1 Å². The molecule has 1 N–H and O–H groups in total. The molecule has 1 aliphatic rings. The highest BCUT2D eigenvalue weighted by Gasteiger charge is 2.40. The number of halogens is 1. The predicted octanol–water partition coefficient (Wildman–Crippen LogP) is 2.78. The van der Waals surface area contributed by atoms with Gasteiger partial charge in [0.2, 0.25) is 0 Å². The molecule has 1 aliphatic carbocycles. The van der Waals surface area contributed by atoms with Gasteiger partial charge in [-0.15, -0.1) is 0 Å². The van der Waals surface area contributed by atoms with Crippen molar-refractivity contribution >= 4 is 11.6 Å². The Bertz CT molecular complexity index is 395. The van der Waals surface area contributed by atoms with Gasteiger partial charge in [0.1, 0.15) is 0 Å². The Kier molecular flexibility index (Phi) is 4.30. The first-order valence-corrected chi connectivity index (χ1v) is 6.97. The number of aromatic nitrogens is 2. The van der Waals surface area contributed by atoms with Crippen LogP contribution in [0.4, 0.5) is 0 Å². The number of aryl methyl sites for hydroxylation is 1. The van der Waals surface area contributed by atoms with E-state index in [9.17, 15) is 0 Å². The van der Waals surface area contributed by atoms with E-state index in [-0.39, 0.29) is 11.6 Å². The molecular formula is C13H22ClN3O. The van der Waals surface area contributed by atoms with Crippen LogP contribution in [-0.4, -0.2) is 29.5 Å². The summed E-state index contributed by atoms with van der Waals surface area (Å²) in [6.45, 7) is 2.91. The molecule has 0 aromatic carbocycles. The van der Waals surface area contributed by atoms with Gasteiger partial charge in [-0.25, -0.2) is 0 Å². The van der Waals surface area contributed by atoms with Gasteiger partial charge in [0, 0.05) is 13.7 Å². The molecule has 4 nitrogen and oxygen atoms in total. The number of hydrogen-bond donors (Lipinski definition) is 1. The van der Waals surface area contributed by atoms with E-state index in [1.807, 2.05) is 18.8 Å². The van der Waals surface area contributed by atoms with Crippen LogP contribution in [0.5, 0.6) is 0 Å². The van der Waals surface area contributed by atoms with Gasteiger partial charge in [-0.2, -0.15) is 5.10 Å². The van der Waals surface area contributed by atoms with Crippen molar-refractivity contribution < 1.29 is 4.74 Å². The van der Waals surface area contributed by atoms with Crippen molar-refractivity contribution in [3.05, 3.63) is 16.9 Å². The Morgan fingerprint density at radius 3 is 2.78 bits per heavy atom. The molecule has 1 atom stereocenters. The molecule has 1 aromatic heterocycles. The van der Waals surface area contributed by atoms with Crippen molar-refractivity contribution in [3.63, 3.8) is 0 Å². The standard InChI is InChI=1S/C13H22ClN3O/c1-4-17-12(10(14)9-16-17)11(15-2)8-13(18-3)6-5-7-13/h9,11,15H,4-8H2,1-3H3. The van der Waals surface area contributed by atoms with E-state index in [1.54, 1.807) is 6.20 Å². The highest BCUT2D eigenvalue weighted by molar-refractivity contribution is 6.31. The monoisotopic (exact) mass is 271 g/mol. The Balaban J connectivity index is 2.19. The zero-order chi connectivity index (χ0) is 13.2. The first kappa shape index (κ1) is 13.8. The van der Waals surface area contributed by atoms with Crippen LogP contribution in [0.2, 0.25) is 5.02 Å². The lowest BCUT2D eigenvalue weighted by Crippen LogP contribution is -2.42. The van der Waals surface area contributed by atoms with Crippen LogP contribution in [0.25, 0.3) is 0 Å². The summed E-state index contributed by atoms with van der Waals surface area (Å²) in [5, 5.41) is 8.40. The minimum absolute atomic E-state index is 0.0276. The lowest BCUT2D eigenvalue weighted by atomic mass is 9.75. The lowest BCUT2D eigenvalue weighted by Gasteiger charge is -2.42. The summed E-state index contributed by atoms with van der Waals surface area (Å²) in [5.41, 5.74) is 1.10. The number of nitrogens with one attached hydrogen (secondary N) is 1. The summed E-state index contributed by atoms with van der Waals surface area (Å²) < 4.78 is 7.67. The molecular weight excluding hydrogens is 250 g/mol. The van der Waals surface area contributed by atoms with Crippen molar-refractivity contribution in [1.29, 1.82) is 0 Å². The van der Waals surface area contributed by atoms with Gasteiger partial charge in [0.15, 0.2) is 0 Å². The molecule has 0 spiro atoms. The molecule has 1 heterocycles. The first-order chi connectivity index (χ1) is 8.65. The molecule has 5 heteroatoms. The van der Waals surface area contributed by atoms with Gasteiger partial charge in [-0.1, -0.05) is 11.6 Å². The smallest absolute Gasteiger partial charge is 0.0834 e. The van der Waals surface area contributed by atoms with Gasteiger partial charge in [0.05, 0.1) is 28.6 Å². The van der Waals surface area contributed by atoms with Gasteiger partial charge in [-0.3, -0.25) is 4.68 Å². The molecule has 102 valence electrons. The topological polar surface area (TPSA) is 39.1 Å². The van der Waals surface area contributed by atoms with E-state index >= 15 is 0 Å². The van der Waals surface area contributed by atoms with Gasteiger partial charge in [0.25, 0.3) is 0 Å². The van der Waals surface area contributed by atoms with Crippen LogP contribution in [0.1, 0.15) is 44.3 Å². The average molecular weight is 272 g/mol. The highest BCUT2D eigenvalue weighted by Crippen LogP contribution is 2.42. The summed E-state index contributed by atoms with van der Waals surface area (Å²) in [6, 6.07) is 0.195. The van der Waals surface area contributed by atoms with Crippen LogP contribution >= 0.6 is 11.6 Å². The quantitative estimate of drug-likeness (QED) is 0.865.